The van der Waals surface area contributed by atoms with Gasteiger partial charge >= 0.3 is 0 Å². The van der Waals surface area contributed by atoms with Crippen molar-refractivity contribution in [2.24, 2.45) is 0 Å². The first-order chi connectivity index (χ1) is 13.5. The van der Waals surface area contributed by atoms with Gasteiger partial charge in [0.2, 0.25) is 0 Å². The fraction of sp³-hybridized carbons (Fsp3) is 0.211. The summed E-state index contributed by atoms with van der Waals surface area (Å²) in [6, 6.07) is 8.89. The summed E-state index contributed by atoms with van der Waals surface area (Å²) in [5.41, 5.74) is 2.87. The van der Waals surface area contributed by atoms with Gasteiger partial charge in [0.25, 0.3) is 11.5 Å². The fourth-order valence-electron chi connectivity index (χ4n) is 3.19. The molecule has 4 rings (SSSR count). The van der Waals surface area contributed by atoms with Crippen LogP contribution >= 0.6 is 11.5 Å². The lowest BCUT2D eigenvalue weighted by Crippen LogP contribution is -2.31. The van der Waals surface area contributed by atoms with Crippen molar-refractivity contribution in [1.82, 2.24) is 29.9 Å². The monoisotopic (exact) mass is 394 g/mol. The van der Waals surface area contributed by atoms with E-state index in [-0.39, 0.29) is 11.5 Å². The summed E-state index contributed by atoms with van der Waals surface area (Å²) in [5, 5.41) is 7.96. The average Bonchev–Trinajstić information content (AvgIpc) is 3.27. The Morgan fingerprint density at radius 3 is 2.86 bits per heavy atom. The summed E-state index contributed by atoms with van der Waals surface area (Å²) in [5.74, 6) is 0.216. The van der Waals surface area contributed by atoms with Crippen LogP contribution in [0.2, 0.25) is 0 Å². The maximum absolute atomic E-state index is 12.8. The molecule has 1 aromatic carbocycles. The minimum Gasteiger partial charge on any atom is -0.361 e. The molecule has 142 valence electrons. The molecule has 0 aliphatic carbocycles. The highest BCUT2D eigenvalue weighted by atomic mass is 32.1. The molecule has 0 spiro atoms. The van der Waals surface area contributed by atoms with Crippen molar-refractivity contribution in [2.45, 2.75) is 26.3 Å². The van der Waals surface area contributed by atoms with Crippen LogP contribution < -0.4 is 10.9 Å². The Balaban J connectivity index is 1.71. The molecule has 1 unspecified atom stereocenters. The van der Waals surface area contributed by atoms with Gasteiger partial charge in [-0.25, -0.2) is 4.98 Å². The number of aromatic nitrogens is 5. The Bertz CT molecular complexity index is 1210. The highest BCUT2D eigenvalue weighted by molar-refractivity contribution is 7.08. The highest BCUT2D eigenvalue weighted by Crippen LogP contribution is 2.24. The van der Waals surface area contributed by atoms with E-state index in [1.165, 1.54) is 6.07 Å². The first kappa shape index (κ1) is 18.1. The summed E-state index contributed by atoms with van der Waals surface area (Å²) >= 11 is 1.04. The standard InChI is InChI=1S/C19H18N6O2S/c1-10-18(28-25-24-10)19(27)23-15(16-8-17(26)22-11(2)21-16)7-12-9-20-14-6-4-3-5-13(12)14/h3-6,8-9,15,20H,7H2,1-2H3,(H,23,27)(H,21,22,26). The lowest BCUT2D eigenvalue weighted by atomic mass is 10.0. The molecule has 0 radical (unpaired) electrons. The van der Waals surface area contributed by atoms with Crippen molar-refractivity contribution in [2.75, 3.05) is 0 Å². The third-order valence-electron chi connectivity index (χ3n) is 4.50. The van der Waals surface area contributed by atoms with Crippen molar-refractivity contribution >= 4 is 28.3 Å². The predicted molar refractivity (Wildman–Crippen MR) is 106 cm³/mol. The summed E-state index contributed by atoms with van der Waals surface area (Å²) < 4.78 is 3.82. The molecule has 0 saturated heterocycles. The lowest BCUT2D eigenvalue weighted by Gasteiger charge is -2.18. The van der Waals surface area contributed by atoms with Gasteiger partial charge in [-0.3, -0.25) is 9.59 Å². The summed E-state index contributed by atoms with van der Waals surface area (Å²) in [6.45, 7) is 3.45. The van der Waals surface area contributed by atoms with Crippen LogP contribution in [0.3, 0.4) is 0 Å². The van der Waals surface area contributed by atoms with Crippen LogP contribution in [0.25, 0.3) is 10.9 Å². The molecule has 0 aliphatic rings. The number of nitrogens with one attached hydrogen (secondary N) is 3. The Morgan fingerprint density at radius 2 is 2.11 bits per heavy atom. The lowest BCUT2D eigenvalue weighted by molar-refractivity contribution is 0.0939. The zero-order valence-corrected chi connectivity index (χ0v) is 16.1. The van der Waals surface area contributed by atoms with Gasteiger partial charge in [0.15, 0.2) is 0 Å². The molecule has 1 atom stereocenters. The van der Waals surface area contributed by atoms with Gasteiger partial charge in [-0.05, 0) is 37.0 Å². The molecule has 1 amide bonds. The van der Waals surface area contributed by atoms with Crippen LogP contribution in [0.1, 0.15) is 38.5 Å². The van der Waals surface area contributed by atoms with Crippen LogP contribution in [0.15, 0.2) is 41.3 Å². The number of hydrogen-bond donors (Lipinski definition) is 3. The SMILES string of the molecule is Cc1nc(C(Cc2c[nH]c3ccccc23)NC(=O)c2snnc2C)cc(=O)[nH]1. The van der Waals surface area contributed by atoms with Gasteiger partial charge in [0.05, 0.1) is 17.4 Å². The fourth-order valence-corrected chi connectivity index (χ4v) is 3.75. The number of benzene rings is 1. The van der Waals surface area contributed by atoms with Crippen LogP contribution in [0.4, 0.5) is 0 Å². The number of aryl methyl sites for hydroxylation is 2. The van der Waals surface area contributed by atoms with E-state index in [0.717, 1.165) is 28.0 Å². The van der Waals surface area contributed by atoms with Crippen molar-refractivity contribution in [3.05, 3.63) is 74.5 Å². The van der Waals surface area contributed by atoms with E-state index >= 15 is 0 Å². The van der Waals surface area contributed by atoms with Crippen molar-refractivity contribution in [1.29, 1.82) is 0 Å². The maximum Gasteiger partial charge on any atom is 0.265 e. The van der Waals surface area contributed by atoms with Crippen LogP contribution in [-0.2, 0) is 6.42 Å². The van der Waals surface area contributed by atoms with Crippen LogP contribution in [-0.4, -0.2) is 30.4 Å². The molecule has 0 fully saturated rings. The second kappa shape index (κ2) is 7.35. The molecule has 3 N–H and O–H groups in total. The summed E-state index contributed by atoms with van der Waals surface area (Å²) in [6.07, 6.45) is 2.40. The van der Waals surface area contributed by atoms with Crippen LogP contribution in [0.5, 0.6) is 0 Å². The van der Waals surface area contributed by atoms with Crippen molar-refractivity contribution < 1.29 is 4.79 Å². The number of H-pyrrole nitrogens is 2. The average molecular weight is 394 g/mol. The van der Waals surface area contributed by atoms with Crippen molar-refractivity contribution in [3.8, 4) is 0 Å². The Hall–Kier alpha value is -3.33. The maximum atomic E-state index is 12.8. The van der Waals surface area contributed by atoms with Crippen LogP contribution in [0, 0.1) is 13.8 Å². The van der Waals surface area contributed by atoms with Gasteiger partial charge < -0.3 is 15.3 Å². The van der Waals surface area contributed by atoms with E-state index < -0.39 is 6.04 Å². The van der Waals surface area contributed by atoms with Gasteiger partial charge in [0, 0.05) is 29.6 Å². The zero-order valence-electron chi connectivity index (χ0n) is 15.3. The van der Waals surface area contributed by atoms with Gasteiger partial charge in [-0.1, -0.05) is 22.7 Å². The minimum atomic E-state index is -0.478. The first-order valence-corrected chi connectivity index (χ1v) is 9.51. The molecule has 9 heteroatoms. The highest BCUT2D eigenvalue weighted by Gasteiger charge is 2.22. The predicted octanol–water partition coefficient (Wildman–Crippen LogP) is 2.43. The molecule has 3 aromatic heterocycles. The Morgan fingerprint density at radius 1 is 1.29 bits per heavy atom. The second-order valence-corrected chi connectivity index (χ2v) is 7.29. The number of rotatable bonds is 5. The number of fused-ring (bicyclic) bond motifs is 1. The molecule has 0 saturated carbocycles. The van der Waals surface area contributed by atoms with Gasteiger partial charge in [-0.15, -0.1) is 5.10 Å². The summed E-state index contributed by atoms with van der Waals surface area (Å²) in [4.78, 5) is 35.5. The van der Waals surface area contributed by atoms with Gasteiger partial charge in [0.1, 0.15) is 10.7 Å². The van der Waals surface area contributed by atoms with Gasteiger partial charge in [-0.2, -0.15) is 0 Å². The normalized spacial score (nSPS) is 12.2. The smallest absolute Gasteiger partial charge is 0.265 e. The molecular weight excluding hydrogens is 376 g/mol. The number of nitrogens with zero attached hydrogens (tertiary/aromatic N) is 3. The third kappa shape index (κ3) is 3.56. The zero-order chi connectivity index (χ0) is 19.7. The quantitative estimate of drug-likeness (QED) is 0.481. The largest absolute Gasteiger partial charge is 0.361 e. The number of carbonyl (C=O) groups is 1. The number of para-hydroxylation sites is 1. The molecule has 0 aliphatic heterocycles. The molecule has 8 nitrogen and oxygen atoms in total. The summed E-state index contributed by atoms with van der Waals surface area (Å²) in [7, 11) is 0. The number of carbonyl (C=O) groups excluding carboxylic acids is 1. The van der Waals surface area contributed by atoms with E-state index in [0.29, 0.717) is 28.5 Å². The topological polar surface area (TPSA) is 116 Å². The molecular formula is C19H18N6O2S. The molecule has 4 aromatic rings. The van der Waals surface area contributed by atoms with Crippen molar-refractivity contribution in [3.63, 3.8) is 0 Å². The van der Waals surface area contributed by atoms with E-state index in [1.54, 1.807) is 13.8 Å². The number of aromatic amines is 2. The molecule has 28 heavy (non-hydrogen) atoms. The van der Waals surface area contributed by atoms with E-state index in [1.807, 2.05) is 30.5 Å². The van der Waals surface area contributed by atoms with E-state index in [4.69, 9.17) is 0 Å². The minimum absolute atomic E-state index is 0.253. The van der Waals surface area contributed by atoms with E-state index in [9.17, 15) is 9.59 Å². The molecule has 3 heterocycles. The van der Waals surface area contributed by atoms with E-state index in [2.05, 4.69) is 29.9 Å². The Kier molecular flexibility index (Phi) is 4.74. The number of hydrogen-bond acceptors (Lipinski definition) is 6. The molecule has 0 bridgehead atoms. The Labute approximate surface area is 164 Å². The third-order valence-corrected chi connectivity index (χ3v) is 5.33. The first-order valence-electron chi connectivity index (χ1n) is 8.74. The second-order valence-electron chi connectivity index (χ2n) is 6.53. The number of amides is 1.